The number of hydrogen-bond acceptors (Lipinski definition) is 5. The van der Waals surface area contributed by atoms with Crippen LogP contribution in [-0.4, -0.2) is 19.7 Å². The zero-order valence-electron chi connectivity index (χ0n) is 12.1. The molecule has 0 spiro atoms. The molecule has 0 saturated heterocycles. The van der Waals surface area contributed by atoms with Crippen molar-refractivity contribution in [3.05, 3.63) is 29.2 Å². The Hall–Kier alpha value is -1.40. The Balaban J connectivity index is 1.65. The molecule has 0 amide bonds. The number of pyridine rings is 1. The lowest BCUT2D eigenvalue weighted by atomic mass is 10.2. The lowest BCUT2D eigenvalue weighted by Gasteiger charge is -2.09. The van der Waals surface area contributed by atoms with Crippen LogP contribution in [0.3, 0.4) is 0 Å². The highest BCUT2D eigenvalue weighted by molar-refractivity contribution is 7.99. The molecule has 0 atom stereocenters. The van der Waals surface area contributed by atoms with E-state index in [0.29, 0.717) is 18.5 Å². The molecule has 0 bridgehead atoms. The van der Waals surface area contributed by atoms with Crippen LogP contribution in [0.5, 0.6) is 0 Å². The van der Waals surface area contributed by atoms with Crippen molar-refractivity contribution in [2.24, 2.45) is 5.73 Å². The molecule has 0 radical (unpaired) electrons. The molecule has 2 fully saturated rings. The lowest BCUT2D eigenvalue weighted by molar-refractivity contribution is 0.626. The van der Waals surface area contributed by atoms with Crippen LogP contribution in [0.25, 0.3) is 0 Å². The van der Waals surface area contributed by atoms with Crippen molar-refractivity contribution in [3.63, 3.8) is 0 Å². The van der Waals surface area contributed by atoms with E-state index >= 15 is 0 Å². The number of nitrogens with two attached hydrogens (primary N) is 1. The van der Waals surface area contributed by atoms with Gasteiger partial charge in [0.05, 0.1) is 0 Å². The highest BCUT2D eigenvalue weighted by Crippen LogP contribution is 2.46. The molecule has 4 rings (SSSR count). The quantitative estimate of drug-likeness (QED) is 0.919. The summed E-state index contributed by atoms with van der Waals surface area (Å²) >= 11 is 1.63. The summed E-state index contributed by atoms with van der Waals surface area (Å²) in [5.41, 5.74) is 7.89. The minimum atomic E-state index is 0.531. The van der Waals surface area contributed by atoms with Crippen LogP contribution in [0.4, 0.5) is 0 Å². The van der Waals surface area contributed by atoms with E-state index < -0.39 is 0 Å². The Kier molecular flexibility index (Phi) is 3.23. The minimum absolute atomic E-state index is 0.531. The van der Waals surface area contributed by atoms with Gasteiger partial charge in [-0.2, -0.15) is 0 Å². The Labute approximate surface area is 128 Å². The first kappa shape index (κ1) is 13.3. The van der Waals surface area contributed by atoms with Crippen LogP contribution in [0.1, 0.15) is 54.6 Å². The van der Waals surface area contributed by atoms with E-state index in [1.165, 1.54) is 31.5 Å². The van der Waals surface area contributed by atoms with Crippen molar-refractivity contribution < 1.29 is 0 Å². The molecule has 21 heavy (non-hydrogen) atoms. The van der Waals surface area contributed by atoms with Crippen molar-refractivity contribution in [2.75, 3.05) is 0 Å². The van der Waals surface area contributed by atoms with Gasteiger partial charge in [0, 0.05) is 24.7 Å². The predicted molar refractivity (Wildman–Crippen MR) is 81.3 cm³/mol. The van der Waals surface area contributed by atoms with Gasteiger partial charge in [0.2, 0.25) is 0 Å². The Morgan fingerprint density at radius 3 is 2.71 bits per heavy atom. The highest BCUT2D eigenvalue weighted by atomic mass is 32.2. The third kappa shape index (κ3) is 2.58. The van der Waals surface area contributed by atoms with E-state index in [0.717, 1.165) is 21.3 Å². The molecular weight excluding hydrogens is 282 g/mol. The summed E-state index contributed by atoms with van der Waals surface area (Å²) < 4.78 is 2.36. The van der Waals surface area contributed by atoms with Crippen molar-refractivity contribution in [2.45, 2.75) is 61.3 Å². The molecule has 5 nitrogen and oxygen atoms in total. The van der Waals surface area contributed by atoms with Crippen molar-refractivity contribution >= 4 is 11.8 Å². The lowest BCUT2D eigenvalue weighted by Crippen LogP contribution is -2.02. The third-order valence-electron chi connectivity index (χ3n) is 4.06. The summed E-state index contributed by atoms with van der Waals surface area (Å²) in [6.45, 7) is 2.61. The van der Waals surface area contributed by atoms with Crippen LogP contribution >= 0.6 is 11.8 Å². The van der Waals surface area contributed by atoms with E-state index in [1.807, 2.05) is 6.20 Å². The van der Waals surface area contributed by atoms with E-state index in [1.54, 1.807) is 11.8 Å². The van der Waals surface area contributed by atoms with Crippen LogP contribution < -0.4 is 5.73 Å². The maximum atomic E-state index is 5.66. The first-order chi connectivity index (χ1) is 10.3. The van der Waals surface area contributed by atoms with Crippen molar-refractivity contribution in [1.29, 1.82) is 0 Å². The van der Waals surface area contributed by atoms with Crippen molar-refractivity contribution in [1.82, 2.24) is 19.7 Å². The average Bonchev–Trinajstić information content (AvgIpc) is 3.40. The molecule has 0 aromatic carbocycles. The standard InChI is InChI=1S/C15H19N5S/c1-9-6-10(7-16)8-17-14(9)21-15-19-18-13(11-2-3-11)20(15)12-4-5-12/h6,8,11-12H,2-5,7,16H2,1H3. The first-order valence-corrected chi connectivity index (χ1v) is 8.36. The molecule has 2 heterocycles. The maximum absolute atomic E-state index is 5.66. The maximum Gasteiger partial charge on any atom is 0.197 e. The summed E-state index contributed by atoms with van der Waals surface area (Å²) in [5, 5.41) is 10.9. The van der Waals surface area contributed by atoms with Gasteiger partial charge in [-0.05, 0) is 55.5 Å². The fraction of sp³-hybridized carbons (Fsp3) is 0.533. The molecule has 2 aliphatic rings. The average molecular weight is 301 g/mol. The molecule has 2 saturated carbocycles. The van der Waals surface area contributed by atoms with E-state index in [4.69, 9.17) is 5.73 Å². The molecule has 0 aliphatic heterocycles. The fourth-order valence-electron chi connectivity index (χ4n) is 2.58. The second kappa shape index (κ2) is 5.10. The smallest absolute Gasteiger partial charge is 0.197 e. The second-order valence-corrected chi connectivity index (χ2v) is 6.94. The Morgan fingerprint density at radius 2 is 2.10 bits per heavy atom. The minimum Gasteiger partial charge on any atom is -0.326 e. The summed E-state index contributed by atoms with van der Waals surface area (Å²) in [6, 6.07) is 2.72. The largest absolute Gasteiger partial charge is 0.326 e. The summed E-state index contributed by atoms with van der Waals surface area (Å²) in [7, 11) is 0. The van der Waals surface area contributed by atoms with E-state index in [2.05, 4.69) is 32.7 Å². The topological polar surface area (TPSA) is 69.6 Å². The van der Waals surface area contributed by atoms with Gasteiger partial charge in [-0.3, -0.25) is 0 Å². The summed E-state index contributed by atoms with van der Waals surface area (Å²) in [6.07, 6.45) is 6.89. The van der Waals surface area contributed by atoms with Crippen LogP contribution in [0.2, 0.25) is 0 Å². The SMILES string of the molecule is Cc1cc(CN)cnc1Sc1nnc(C2CC2)n1C1CC1. The molecule has 6 heteroatoms. The molecule has 0 unspecified atom stereocenters. The van der Waals surface area contributed by atoms with Crippen LogP contribution in [0, 0.1) is 6.92 Å². The first-order valence-electron chi connectivity index (χ1n) is 7.54. The zero-order valence-corrected chi connectivity index (χ0v) is 12.9. The molecule has 2 N–H and O–H groups in total. The van der Waals surface area contributed by atoms with Gasteiger partial charge < -0.3 is 10.3 Å². The van der Waals surface area contributed by atoms with Gasteiger partial charge >= 0.3 is 0 Å². The third-order valence-corrected chi connectivity index (χ3v) is 5.14. The van der Waals surface area contributed by atoms with E-state index in [-0.39, 0.29) is 0 Å². The molecule has 2 aliphatic carbocycles. The molecule has 2 aromatic heterocycles. The monoisotopic (exact) mass is 301 g/mol. The summed E-state index contributed by atoms with van der Waals surface area (Å²) in [4.78, 5) is 4.54. The molecular formula is C15H19N5S. The Bertz CT molecular complexity index is 673. The van der Waals surface area contributed by atoms with E-state index in [9.17, 15) is 0 Å². The molecule has 2 aromatic rings. The van der Waals surface area contributed by atoms with Crippen molar-refractivity contribution in [3.8, 4) is 0 Å². The zero-order chi connectivity index (χ0) is 14.4. The number of hydrogen-bond donors (Lipinski definition) is 1. The number of aromatic nitrogens is 4. The van der Waals surface area contributed by atoms with Gasteiger partial charge in [0.25, 0.3) is 0 Å². The van der Waals surface area contributed by atoms with Gasteiger partial charge in [0.1, 0.15) is 10.9 Å². The van der Waals surface area contributed by atoms with Crippen LogP contribution in [-0.2, 0) is 6.54 Å². The fourth-order valence-corrected chi connectivity index (χ4v) is 3.50. The highest BCUT2D eigenvalue weighted by Gasteiger charge is 2.36. The van der Waals surface area contributed by atoms with Gasteiger partial charge in [0.15, 0.2) is 5.16 Å². The molecule has 110 valence electrons. The van der Waals surface area contributed by atoms with Gasteiger partial charge in [-0.15, -0.1) is 10.2 Å². The van der Waals surface area contributed by atoms with Crippen LogP contribution in [0.15, 0.2) is 22.4 Å². The number of aryl methyl sites for hydroxylation is 1. The second-order valence-electron chi connectivity index (χ2n) is 5.99. The predicted octanol–water partition coefficient (Wildman–Crippen LogP) is 2.80. The number of nitrogens with zero attached hydrogens (tertiary/aromatic N) is 4. The van der Waals surface area contributed by atoms with Gasteiger partial charge in [-0.1, -0.05) is 6.07 Å². The number of rotatable bonds is 5. The Morgan fingerprint density at radius 1 is 1.29 bits per heavy atom. The summed E-state index contributed by atoms with van der Waals surface area (Å²) in [5.74, 6) is 1.83. The normalized spacial score (nSPS) is 18.2. The van der Waals surface area contributed by atoms with Gasteiger partial charge in [-0.25, -0.2) is 4.98 Å².